The van der Waals surface area contributed by atoms with Gasteiger partial charge in [-0.3, -0.25) is 4.90 Å². The molecule has 2 unspecified atom stereocenters. The topological polar surface area (TPSA) is 38.5 Å². The van der Waals surface area contributed by atoms with Gasteiger partial charge in [-0.1, -0.05) is 20.8 Å². The zero-order chi connectivity index (χ0) is 14.3. The van der Waals surface area contributed by atoms with Crippen LogP contribution in [0.1, 0.15) is 46.5 Å². The van der Waals surface area contributed by atoms with Crippen LogP contribution in [-0.2, 0) is 4.43 Å². The minimum absolute atomic E-state index is 0.307. The smallest absolute Gasteiger partial charge is 0.192 e. The zero-order valence-corrected chi connectivity index (χ0v) is 14.5. The predicted molar refractivity (Wildman–Crippen MR) is 83.9 cm³/mol. The summed E-state index contributed by atoms with van der Waals surface area (Å²) in [6.45, 7) is 14.6. The fourth-order valence-corrected chi connectivity index (χ4v) is 4.45. The molecule has 2 atom stereocenters. The van der Waals surface area contributed by atoms with E-state index in [0.29, 0.717) is 16.6 Å². The number of fused-ring (bicyclic) bond motifs is 1. The van der Waals surface area contributed by atoms with Crippen LogP contribution in [0, 0.1) is 0 Å². The molecule has 2 rings (SSSR count). The van der Waals surface area contributed by atoms with E-state index in [1.807, 2.05) is 0 Å². The first-order valence-corrected chi connectivity index (χ1v) is 10.7. The third-order valence-electron chi connectivity index (χ3n) is 5.86. The Kier molecular flexibility index (Phi) is 4.18. The van der Waals surface area contributed by atoms with Crippen molar-refractivity contribution < 1.29 is 4.43 Å². The molecule has 0 radical (unpaired) electrons. The summed E-state index contributed by atoms with van der Waals surface area (Å²) < 4.78 is 6.43. The van der Waals surface area contributed by atoms with Gasteiger partial charge in [0.15, 0.2) is 8.32 Å². The molecule has 0 aliphatic carbocycles. The lowest BCUT2D eigenvalue weighted by atomic mass is 9.94. The van der Waals surface area contributed by atoms with Gasteiger partial charge >= 0.3 is 0 Å². The van der Waals surface area contributed by atoms with Crippen LogP contribution >= 0.6 is 0 Å². The van der Waals surface area contributed by atoms with Gasteiger partial charge in [-0.2, -0.15) is 0 Å². The maximum Gasteiger partial charge on any atom is 0.192 e. The van der Waals surface area contributed by atoms with Gasteiger partial charge in [-0.25, -0.2) is 0 Å². The first kappa shape index (κ1) is 15.5. The molecule has 0 saturated carbocycles. The lowest BCUT2D eigenvalue weighted by Gasteiger charge is -2.39. The van der Waals surface area contributed by atoms with E-state index in [9.17, 15) is 0 Å². The van der Waals surface area contributed by atoms with Gasteiger partial charge in [-0.15, -0.1) is 0 Å². The maximum absolute atomic E-state index is 6.43. The van der Waals surface area contributed by atoms with Crippen LogP contribution in [0.25, 0.3) is 0 Å². The Labute approximate surface area is 120 Å². The van der Waals surface area contributed by atoms with Crippen molar-refractivity contribution in [1.29, 1.82) is 0 Å². The number of nitrogens with two attached hydrogens (primary N) is 1. The highest BCUT2D eigenvalue weighted by molar-refractivity contribution is 6.74. The monoisotopic (exact) mass is 284 g/mol. The molecule has 0 aromatic rings. The van der Waals surface area contributed by atoms with Gasteiger partial charge in [0.05, 0.1) is 0 Å². The molecular formula is C15H32N2OSi. The second-order valence-corrected chi connectivity index (χ2v) is 12.8. The molecular weight excluding hydrogens is 252 g/mol. The Balaban J connectivity index is 1.95. The fraction of sp³-hybridized carbons (Fsp3) is 1.00. The summed E-state index contributed by atoms with van der Waals surface area (Å²) in [6.07, 6.45) is 5.15. The summed E-state index contributed by atoms with van der Waals surface area (Å²) in [6, 6.07) is 0.611. The maximum atomic E-state index is 6.43. The molecule has 0 aromatic heterocycles. The molecule has 2 aliphatic heterocycles. The number of rotatable bonds is 4. The normalized spacial score (nSPS) is 32.8. The van der Waals surface area contributed by atoms with Gasteiger partial charge in [0.1, 0.15) is 0 Å². The SMILES string of the molecule is CC(C)(C)[Si](C)(C)OCC1CCC2(CN)CCCN12. The van der Waals surface area contributed by atoms with E-state index in [1.54, 1.807) is 0 Å². The van der Waals surface area contributed by atoms with E-state index in [1.165, 1.54) is 32.2 Å². The number of nitrogens with zero attached hydrogens (tertiary/aromatic N) is 1. The molecule has 4 heteroatoms. The molecule has 0 spiro atoms. The second-order valence-electron chi connectivity index (χ2n) is 7.99. The van der Waals surface area contributed by atoms with Crippen LogP contribution in [0.4, 0.5) is 0 Å². The van der Waals surface area contributed by atoms with E-state index in [-0.39, 0.29) is 0 Å². The first-order chi connectivity index (χ1) is 8.72. The third-order valence-corrected chi connectivity index (χ3v) is 10.4. The van der Waals surface area contributed by atoms with Crippen molar-refractivity contribution in [2.75, 3.05) is 19.7 Å². The summed E-state index contributed by atoms with van der Waals surface area (Å²) >= 11 is 0. The Bertz CT molecular complexity index is 327. The van der Waals surface area contributed by atoms with Crippen LogP contribution in [0.3, 0.4) is 0 Å². The third kappa shape index (κ3) is 2.78. The average molecular weight is 285 g/mol. The molecule has 0 amide bonds. The average Bonchev–Trinajstić information content (AvgIpc) is 2.83. The summed E-state index contributed by atoms with van der Waals surface area (Å²) in [5, 5.41) is 0.307. The van der Waals surface area contributed by atoms with Gasteiger partial charge in [0.25, 0.3) is 0 Å². The molecule has 3 nitrogen and oxygen atoms in total. The van der Waals surface area contributed by atoms with E-state index in [2.05, 4.69) is 38.8 Å². The van der Waals surface area contributed by atoms with Crippen molar-refractivity contribution in [2.45, 2.75) is 76.2 Å². The Morgan fingerprint density at radius 1 is 1.32 bits per heavy atom. The van der Waals surface area contributed by atoms with Crippen molar-refractivity contribution in [3.8, 4) is 0 Å². The van der Waals surface area contributed by atoms with Gasteiger partial charge in [0.2, 0.25) is 0 Å². The highest BCUT2D eigenvalue weighted by atomic mass is 28.4. The van der Waals surface area contributed by atoms with Gasteiger partial charge in [-0.05, 0) is 50.4 Å². The molecule has 0 aromatic carbocycles. The minimum Gasteiger partial charge on any atom is -0.415 e. The summed E-state index contributed by atoms with van der Waals surface area (Å²) in [4.78, 5) is 2.67. The van der Waals surface area contributed by atoms with E-state index in [0.717, 1.165) is 13.2 Å². The molecule has 0 bridgehead atoms. The van der Waals surface area contributed by atoms with Crippen molar-refractivity contribution in [3.63, 3.8) is 0 Å². The standard InChI is InChI=1S/C15H32N2OSi/c1-14(2,3)19(4,5)18-11-13-7-9-15(12-16)8-6-10-17(13)15/h13H,6-12,16H2,1-5H3. The van der Waals surface area contributed by atoms with Gasteiger partial charge in [0, 0.05) is 24.7 Å². The van der Waals surface area contributed by atoms with E-state index >= 15 is 0 Å². The first-order valence-electron chi connectivity index (χ1n) is 7.83. The quantitative estimate of drug-likeness (QED) is 0.807. The van der Waals surface area contributed by atoms with Crippen LogP contribution in [0.2, 0.25) is 18.1 Å². The van der Waals surface area contributed by atoms with Crippen molar-refractivity contribution in [1.82, 2.24) is 4.90 Å². The zero-order valence-electron chi connectivity index (χ0n) is 13.5. The summed E-state index contributed by atoms with van der Waals surface area (Å²) in [7, 11) is -1.61. The molecule has 2 fully saturated rings. The fourth-order valence-electron chi connectivity index (χ4n) is 3.40. The van der Waals surface area contributed by atoms with Crippen LogP contribution in [0.5, 0.6) is 0 Å². The lowest BCUT2D eigenvalue weighted by Crippen LogP contribution is -2.50. The Morgan fingerprint density at radius 3 is 2.58 bits per heavy atom. The molecule has 19 heavy (non-hydrogen) atoms. The number of hydrogen-bond donors (Lipinski definition) is 1. The summed E-state index contributed by atoms with van der Waals surface area (Å²) in [5.74, 6) is 0. The van der Waals surface area contributed by atoms with Crippen molar-refractivity contribution in [3.05, 3.63) is 0 Å². The molecule has 2 aliphatic rings. The Morgan fingerprint density at radius 2 is 2.00 bits per heavy atom. The lowest BCUT2D eigenvalue weighted by molar-refractivity contribution is 0.113. The number of hydrogen-bond acceptors (Lipinski definition) is 3. The van der Waals surface area contributed by atoms with E-state index < -0.39 is 8.32 Å². The van der Waals surface area contributed by atoms with Crippen LogP contribution in [0.15, 0.2) is 0 Å². The molecule has 2 saturated heterocycles. The van der Waals surface area contributed by atoms with E-state index in [4.69, 9.17) is 10.2 Å². The van der Waals surface area contributed by atoms with Crippen molar-refractivity contribution in [2.24, 2.45) is 5.73 Å². The largest absolute Gasteiger partial charge is 0.415 e. The van der Waals surface area contributed by atoms with Crippen molar-refractivity contribution >= 4 is 8.32 Å². The molecule has 2 N–H and O–H groups in total. The highest BCUT2D eigenvalue weighted by Gasteiger charge is 2.48. The summed E-state index contributed by atoms with van der Waals surface area (Å²) in [5.41, 5.74) is 6.37. The second kappa shape index (κ2) is 5.13. The molecule has 112 valence electrons. The van der Waals surface area contributed by atoms with Gasteiger partial charge < -0.3 is 10.2 Å². The predicted octanol–water partition coefficient (Wildman–Crippen LogP) is 2.96. The minimum atomic E-state index is -1.61. The Hall–Kier alpha value is 0.0969. The van der Waals surface area contributed by atoms with Crippen LogP contribution < -0.4 is 5.73 Å². The highest BCUT2D eigenvalue weighted by Crippen LogP contribution is 2.43. The molecule has 2 heterocycles. The van der Waals surface area contributed by atoms with Crippen LogP contribution in [-0.4, -0.2) is 44.5 Å².